The molecule has 0 aromatic rings. The van der Waals surface area contributed by atoms with Gasteiger partial charge in [-0.15, -0.1) is 0 Å². The molecule has 0 rings (SSSR count). The second-order valence-corrected chi connectivity index (χ2v) is 0. The molecular weight excluding hydrogens is 318 g/mol. The molecular formula is H3CeMoPV. The minimum Gasteiger partial charge on any atom is -0.153 e. The predicted molar refractivity (Wildman–Crippen MR) is 11.1 cm³/mol. The van der Waals surface area contributed by atoms with Gasteiger partial charge in [-0.25, -0.2) is 0 Å². The molecule has 1 radical (unpaired) electrons. The molecule has 0 heterocycles. The molecule has 0 fully saturated rings. The Kier molecular flexibility index (Phi) is 114. The summed E-state index contributed by atoms with van der Waals surface area (Å²) in [5.41, 5.74) is 0. The van der Waals surface area contributed by atoms with Crippen molar-refractivity contribution in [3.63, 3.8) is 0 Å². The van der Waals surface area contributed by atoms with Gasteiger partial charge in [0.15, 0.2) is 0 Å². The minimum atomic E-state index is 0. The number of rotatable bonds is 0. The van der Waals surface area contributed by atoms with Crippen molar-refractivity contribution in [2.45, 2.75) is 0 Å². The van der Waals surface area contributed by atoms with Crippen molar-refractivity contribution in [2.75, 3.05) is 0 Å². The summed E-state index contributed by atoms with van der Waals surface area (Å²) in [5, 5.41) is 0. The van der Waals surface area contributed by atoms with Crippen LogP contribution >= 0.6 is 9.90 Å². The van der Waals surface area contributed by atoms with E-state index in [-0.39, 0.29) is 91.3 Å². The minimum absolute atomic E-state index is 0. The SMILES string of the molecule is P.[Ce].[Mo].[V]. The van der Waals surface area contributed by atoms with Crippen molar-refractivity contribution in [3.05, 3.63) is 0 Å². The largest absolute Gasteiger partial charge is 0.153 e. The topological polar surface area (TPSA) is 0 Å². The van der Waals surface area contributed by atoms with Crippen LogP contribution in [0.5, 0.6) is 0 Å². The summed E-state index contributed by atoms with van der Waals surface area (Å²) in [4.78, 5) is 0. The van der Waals surface area contributed by atoms with Gasteiger partial charge in [-0.3, -0.25) is 0 Å². The van der Waals surface area contributed by atoms with Gasteiger partial charge in [-0.1, -0.05) is 0 Å². The zero-order chi connectivity index (χ0) is 0. The van der Waals surface area contributed by atoms with E-state index in [4.69, 9.17) is 0 Å². The molecule has 4 heavy (non-hydrogen) atoms. The fourth-order valence-electron chi connectivity index (χ4n) is 0. The molecule has 1 atom stereocenters. The summed E-state index contributed by atoms with van der Waals surface area (Å²) in [6.45, 7) is 0. The molecule has 1 unspecified atom stereocenters. The Labute approximate surface area is 89.4 Å². The van der Waals surface area contributed by atoms with Crippen LogP contribution in [0.4, 0.5) is 0 Å². The summed E-state index contributed by atoms with van der Waals surface area (Å²) >= 11 is 0. The molecule has 0 saturated heterocycles. The molecule has 0 N–H and O–H groups in total. The maximum Gasteiger partial charge on any atom is 0 e. The van der Waals surface area contributed by atoms with Crippen molar-refractivity contribution in [2.24, 2.45) is 0 Å². The summed E-state index contributed by atoms with van der Waals surface area (Å²) in [6.07, 6.45) is 0. The van der Waals surface area contributed by atoms with E-state index < -0.39 is 0 Å². The standard InChI is InChI=1S/Ce.Mo.H3P.V/h;;1H3;. The van der Waals surface area contributed by atoms with E-state index in [0.29, 0.717) is 0 Å². The van der Waals surface area contributed by atoms with Gasteiger partial charge in [0, 0.05) is 81.4 Å². The molecule has 0 amide bonds. The first-order valence-electron chi connectivity index (χ1n) is 0. The Hall–Kier alpha value is 3.08. The average Bonchev–Trinajstić information content (AvgIpc) is 0. The molecule has 0 bridgehead atoms. The van der Waals surface area contributed by atoms with Gasteiger partial charge in [-0.2, -0.15) is 9.90 Å². The zero-order valence-corrected chi connectivity index (χ0v) is 10.0. The van der Waals surface area contributed by atoms with Crippen molar-refractivity contribution >= 4 is 9.90 Å². The van der Waals surface area contributed by atoms with Crippen LogP contribution in [0.2, 0.25) is 0 Å². The van der Waals surface area contributed by atoms with Crippen LogP contribution in [0.25, 0.3) is 0 Å². The van der Waals surface area contributed by atoms with Gasteiger partial charge in [0.05, 0.1) is 0 Å². The van der Waals surface area contributed by atoms with Gasteiger partial charge >= 0.3 is 0 Å². The molecule has 0 spiro atoms. The van der Waals surface area contributed by atoms with Crippen LogP contribution in [0, 0.1) is 41.7 Å². The van der Waals surface area contributed by atoms with Crippen LogP contribution in [0.15, 0.2) is 0 Å². The first-order chi connectivity index (χ1) is 0. The predicted octanol–water partition coefficient (Wildman–Crippen LogP) is 0.0531. The number of hydrogen-bond donors (Lipinski definition) is 0. The van der Waals surface area contributed by atoms with Crippen LogP contribution in [0.3, 0.4) is 0 Å². The van der Waals surface area contributed by atoms with E-state index >= 15 is 0 Å². The molecule has 0 saturated carbocycles. The fraction of sp³-hybridized carbons (Fsp3) is 0. The average molecular weight is 321 g/mol. The second-order valence-electron chi connectivity index (χ2n) is 0. The molecule has 0 nitrogen and oxygen atoms in total. The Morgan fingerprint density at radius 1 is 1.00 bits per heavy atom. The summed E-state index contributed by atoms with van der Waals surface area (Å²) in [5.74, 6) is 0. The molecule has 0 aromatic carbocycles. The molecule has 4 heteroatoms. The van der Waals surface area contributed by atoms with Crippen LogP contribution in [0.1, 0.15) is 0 Å². The van der Waals surface area contributed by atoms with Crippen LogP contribution in [-0.4, -0.2) is 0 Å². The Balaban J connectivity index is 0. The Bertz CT molecular complexity index is 8.00. The summed E-state index contributed by atoms with van der Waals surface area (Å²) in [6, 6.07) is 0. The Morgan fingerprint density at radius 2 is 1.00 bits per heavy atom. The zero-order valence-electron chi connectivity index (χ0n) is 2.06. The normalized spacial score (nSPS) is 0. The van der Waals surface area contributed by atoms with E-state index in [1.165, 1.54) is 0 Å². The van der Waals surface area contributed by atoms with Gasteiger partial charge in [0.2, 0.25) is 0 Å². The summed E-state index contributed by atoms with van der Waals surface area (Å²) < 4.78 is 0. The van der Waals surface area contributed by atoms with Crippen molar-refractivity contribution in [3.8, 4) is 0 Å². The van der Waals surface area contributed by atoms with E-state index in [1.807, 2.05) is 0 Å². The maximum absolute atomic E-state index is 0. The first kappa shape index (κ1) is 27.6. The Morgan fingerprint density at radius 3 is 1.00 bits per heavy atom. The van der Waals surface area contributed by atoms with Crippen molar-refractivity contribution in [1.29, 1.82) is 0 Å². The first-order valence-corrected chi connectivity index (χ1v) is 0. The van der Waals surface area contributed by atoms with E-state index in [9.17, 15) is 0 Å². The number of hydrogen-bond acceptors (Lipinski definition) is 0. The van der Waals surface area contributed by atoms with Crippen molar-refractivity contribution in [1.82, 2.24) is 0 Å². The third-order valence-electron chi connectivity index (χ3n) is 0. The van der Waals surface area contributed by atoms with Crippen LogP contribution in [-0.2, 0) is 39.6 Å². The third-order valence-corrected chi connectivity index (χ3v) is 0. The quantitative estimate of drug-likeness (QED) is 0.437. The molecule has 0 aromatic heterocycles. The van der Waals surface area contributed by atoms with Crippen molar-refractivity contribution < 1.29 is 81.4 Å². The molecule has 0 aliphatic rings. The second kappa shape index (κ2) is 16.5. The monoisotopic (exact) mass is 323 g/mol. The van der Waals surface area contributed by atoms with E-state index in [0.717, 1.165) is 0 Å². The van der Waals surface area contributed by atoms with Gasteiger partial charge in [0.1, 0.15) is 0 Å². The van der Waals surface area contributed by atoms with Gasteiger partial charge in [-0.05, 0) is 0 Å². The fourth-order valence-corrected chi connectivity index (χ4v) is 0. The van der Waals surface area contributed by atoms with Gasteiger partial charge < -0.3 is 0 Å². The maximum atomic E-state index is 0. The third kappa shape index (κ3) is 8.91. The van der Waals surface area contributed by atoms with Gasteiger partial charge in [0.25, 0.3) is 0 Å². The van der Waals surface area contributed by atoms with Crippen LogP contribution < -0.4 is 0 Å². The van der Waals surface area contributed by atoms with E-state index in [1.54, 1.807) is 0 Å². The van der Waals surface area contributed by atoms with E-state index in [2.05, 4.69) is 0 Å². The summed E-state index contributed by atoms with van der Waals surface area (Å²) in [7, 11) is 0. The smallest absolute Gasteiger partial charge is 0 e. The molecule has 0 aliphatic carbocycles. The molecule has 23 valence electrons. The molecule has 0 aliphatic heterocycles.